The fraction of sp³-hybridized carbons (Fsp3) is 0.382. The summed E-state index contributed by atoms with van der Waals surface area (Å²) in [5, 5.41) is 6.53. The maximum absolute atomic E-state index is 13.0. The largest absolute Gasteiger partial charge is 0.449 e. The van der Waals surface area contributed by atoms with E-state index in [0.29, 0.717) is 13.2 Å². The monoisotopic (exact) mass is 551 g/mol. The van der Waals surface area contributed by atoms with Gasteiger partial charge in [0.15, 0.2) is 0 Å². The molecule has 6 heteroatoms. The van der Waals surface area contributed by atoms with Crippen LogP contribution in [0, 0.1) is 32.2 Å². The molecule has 2 N–H and O–H groups in total. The minimum absolute atomic E-state index is 0.0451. The van der Waals surface area contributed by atoms with Crippen LogP contribution in [0.3, 0.4) is 0 Å². The van der Waals surface area contributed by atoms with Gasteiger partial charge in [0.05, 0.1) is 0 Å². The number of alkyl carbamates (subject to hydrolysis) is 1. The highest BCUT2D eigenvalue weighted by atomic mass is 28.3. The van der Waals surface area contributed by atoms with E-state index >= 15 is 0 Å². The van der Waals surface area contributed by atoms with Crippen molar-refractivity contribution < 1.29 is 9.53 Å². The van der Waals surface area contributed by atoms with Crippen LogP contribution in [0.5, 0.6) is 0 Å². The van der Waals surface area contributed by atoms with Crippen LogP contribution >= 0.6 is 0 Å². The first-order chi connectivity index (χ1) is 19.2. The lowest BCUT2D eigenvalue weighted by Crippen LogP contribution is -2.44. The van der Waals surface area contributed by atoms with Gasteiger partial charge in [0.25, 0.3) is 0 Å². The maximum atomic E-state index is 13.0. The average molecular weight is 552 g/mol. The third-order valence-corrected chi connectivity index (χ3v) is 8.99. The van der Waals surface area contributed by atoms with Crippen LogP contribution in [0.1, 0.15) is 44.9 Å². The molecule has 0 saturated carbocycles. The zero-order valence-electron chi connectivity index (χ0n) is 24.7. The second-order valence-electron chi connectivity index (χ2n) is 12.0. The number of hydrogen-bond donors (Lipinski definition) is 2. The number of ether oxygens (including phenoxy) is 1. The number of fused-ring (bicyclic) bond motifs is 3. The topological polar surface area (TPSA) is 53.6 Å². The standard InChI is InChI=1S/C34H41N3O2Si/c1-23-26(15-20-40(4,5)6)24(2)33(37-18-16-35-17-19-37)25(3)31(23)21-36-34(38)39-22-32-29-13-9-7-11-27(29)28-12-8-10-14-30(28)32/h7-14,32,35H,16-19,21-22H2,1-6H3,(H,36,38). The van der Waals surface area contributed by atoms with Crippen LogP contribution in [0.4, 0.5) is 10.5 Å². The lowest BCUT2D eigenvalue weighted by atomic mass is 9.90. The number of amides is 1. The molecule has 1 aliphatic heterocycles. The van der Waals surface area contributed by atoms with Crippen LogP contribution in [0.2, 0.25) is 19.6 Å². The van der Waals surface area contributed by atoms with Crippen molar-refractivity contribution in [2.45, 2.75) is 52.9 Å². The summed E-state index contributed by atoms with van der Waals surface area (Å²) in [5.74, 6) is 3.61. The second kappa shape index (κ2) is 11.5. The summed E-state index contributed by atoms with van der Waals surface area (Å²) in [6, 6.07) is 16.8. The van der Waals surface area contributed by atoms with Crippen molar-refractivity contribution in [1.29, 1.82) is 0 Å². The summed E-state index contributed by atoms with van der Waals surface area (Å²) in [6.07, 6.45) is -0.389. The minimum Gasteiger partial charge on any atom is -0.449 e. The highest BCUT2D eigenvalue weighted by molar-refractivity contribution is 6.83. The van der Waals surface area contributed by atoms with Crippen molar-refractivity contribution in [2.75, 3.05) is 37.7 Å². The number of nitrogens with zero attached hydrogens (tertiary/aromatic N) is 1. The van der Waals surface area contributed by atoms with Crippen LogP contribution in [-0.2, 0) is 11.3 Å². The molecule has 5 rings (SSSR count). The van der Waals surface area contributed by atoms with Crippen molar-refractivity contribution in [2.24, 2.45) is 0 Å². The van der Waals surface area contributed by atoms with Gasteiger partial charge >= 0.3 is 6.09 Å². The SMILES string of the molecule is Cc1c(C#C[Si](C)(C)C)c(C)c(N2CCNCC2)c(C)c1CNC(=O)OCC1c2ccccc2-c2ccccc21. The first kappa shape index (κ1) is 28.0. The van der Waals surface area contributed by atoms with E-state index in [0.717, 1.165) is 42.9 Å². The van der Waals surface area contributed by atoms with Crippen molar-refractivity contribution in [3.63, 3.8) is 0 Å². The molecule has 3 aromatic carbocycles. The molecule has 0 aromatic heterocycles. The zero-order chi connectivity index (χ0) is 28.4. The van der Waals surface area contributed by atoms with Gasteiger partial charge in [-0.2, -0.15) is 0 Å². The van der Waals surface area contributed by atoms with Crippen LogP contribution in [0.25, 0.3) is 11.1 Å². The smallest absolute Gasteiger partial charge is 0.407 e. The number of hydrogen-bond acceptors (Lipinski definition) is 4. The summed E-state index contributed by atoms with van der Waals surface area (Å²) >= 11 is 0. The predicted molar refractivity (Wildman–Crippen MR) is 168 cm³/mol. The molecule has 1 heterocycles. The van der Waals surface area contributed by atoms with E-state index in [1.165, 1.54) is 39.1 Å². The van der Waals surface area contributed by atoms with Gasteiger partial charge in [-0.05, 0) is 65.3 Å². The second-order valence-corrected chi connectivity index (χ2v) is 16.7. The number of carbonyl (C=O) groups is 1. The Balaban J connectivity index is 1.37. The predicted octanol–water partition coefficient (Wildman–Crippen LogP) is 6.29. The molecule has 0 bridgehead atoms. The third-order valence-electron chi connectivity index (χ3n) is 8.11. The van der Waals surface area contributed by atoms with Gasteiger partial charge in [0, 0.05) is 49.9 Å². The van der Waals surface area contributed by atoms with Crippen molar-refractivity contribution in [3.05, 3.63) is 87.5 Å². The minimum atomic E-state index is -1.56. The van der Waals surface area contributed by atoms with E-state index < -0.39 is 8.07 Å². The number of nitrogens with one attached hydrogen (secondary N) is 2. The molecule has 1 aliphatic carbocycles. The summed E-state index contributed by atoms with van der Waals surface area (Å²) in [4.78, 5) is 15.5. The molecule has 0 atom stereocenters. The quantitative estimate of drug-likeness (QED) is 0.289. The van der Waals surface area contributed by atoms with Gasteiger partial charge in [-0.1, -0.05) is 74.1 Å². The summed E-state index contributed by atoms with van der Waals surface area (Å²) in [7, 11) is -1.56. The molecule has 3 aromatic rings. The number of anilines is 1. The Kier molecular flexibility index (Phi) is 8.07. The molecule has 0 spiro atoms. The van der Waals surface area contributed by atoms with Crippen LogP contribution in [-0.4, -0.2) is 47.0 Å². The van der Waals surface area contributed by atoms with Crippen LogP contribution < -0.4 is 15.5 Å². The number of benzene rings is 3. The fourth-order valence-electron chi connectivity index (χ4n) is 6.13. The van der Waals surface area contributed by atoms with E-state index in [1.54, 1.807) is 0 Å². The zero-order valence-corrected chi connectivity index (χ0v) is 25.7. The van der Waals surface area contributed by atoms with E-state index in [2.05, 4.69) is 116 Å². The van der Waals surface area contributed by atoms with Gasteiger partial charge in [-0.15, -0.1) is 5.54 Å². The lowest BCUT2D eigenvalue weighted by Gasteiger charge is -2.34. The van der Waals surface area contributed by atoms with Gasteiger partial charge in [-0.3, -0.25) is 0 Å². The molecule has 0 unspecified atom stereocenters. The number of rotatable bonds is 5. The summed E-state index contributed by atoms with van der Waals surface area (Å²) in [6.45, 7) is 17.9. The molecule has 5 nitrogen and oxygen atoms in total. The molecular weight excluding hydrogens is 510 g/mol. The Hall–Kier alpha value is -3.53. The Morgan fingerprint density at radius 1 is 0.950 bits per heavy atom. The first-order valence-corrected chi connectivity index (χ1v) is 17.9. The Labute approximate surface area is 240 Å². The van der Waals surface area contributed by atoms with E-state index in [-0.39, 0.29) is 12.0 Å². The molecule has 2 aliphatic rings. The summed E-state index contributed by atoms with van der Waals surface area (Å²) in [5.41, 5.74) is 15.6. The normalized spacial score (nSPS) is 14.7. The third kappa shape index (κ3) is 5.68. The van der Waals surface area contributed by atoms with E-state index in [1.807, 2.05) is 0 Å². The fourth-order valence-corrected chi connectivity index (χ4v) is 6.63. The number of piperazine rings is 1. The van der Waals surface area contributed by atoms with E-state index in [4.69, 9.17) is 4.74 Å². The number of carbonyl (C=O) groups excluding carboxylic acids is 1. The molecular formula is C34H41N3O2Si. The first-order valence-electron chi connectivity index (χ1n) is 14.4. The lowest BCUT2D eigenvalue weighted by molar-refractivity contribution is 0.142. The highest BCUT2D eigenvalue weighted by Crippen LogP contribution is 2.44. The Morgan fingerprint density at radius 2 is 1.55 bits per heavy atom. The molecule has 208 valence electrons. The van der Waals surface area contributed by atoms with E-state index in [9.17, 15) is 4.79 Å². The highest BCUT2D eigenvalue weighted by Gasteiger charge is 2.29. The van der Waals surface area contributed by atoms with Gasteiger partial charge in [-0.25, -0.2) is 4.79 Å². The average Bonchev–Trinajstić information content (AvgIpc) is 3.25. The molecule has 1 fully saturated rings. The van der Waals surface area contributed by atoms with Crippen LogP contribution in [0.15, 0.2) is 48.5 Å². The molecule has 0 radical (unpaired) electrons. The molecule has 1 saturated heterocycles. The van der Waals surface area contributed by atoms with Gasteiger partial charge < -0.3 is 20.3 Å². The van der Waals surface area contributed by atoms with Gasteiger partial charge in [0.1, 0.15) is 14.7 Å². The van der Waals surface area contributed by atoms with Crippen molar-refractivity contribution in [3.8, 4) is 22.6 Å². The van der Waals surface area contributed by atoms with Crippen molar-refractivity contribution >= 4 is 19.9 Å². The maximum Gasteiger partial charge on any atom is 0.407 e. The Bertz CT molecular complexity index is 1440. The van der Waals surface area contributed by atoms with Gasteiger partial charge in [0.2, 0.25) is 0 Å². The molecule has 1 amide bonds. The molecule has 40 heavy (non-hydrogen) atoms. The summed E-state index contributed by atoms with van der Waals surface area (Å²) < 4.78 is 5.84. The van der Waals surface area contributed by atoms with Crippen molar-refractivity contribution in [1.82, 2.24) is 10.6 Å². The Morgan fingerprint density at radius 3 is 2.15 bits per heavy atom.